The van der Waals surface area contributed by atoms with Crippen LogP contribution < -0.4 is 0 Å². The molecule has 2 amide bonds. The number of carbonyl (C=O) groups is 2. The van der Waals surface area contributed by atoms with Crippen LogP contribution in [0.3, 0.4) is 0 Å². The van der Waals surface area contributed by atoms with Gasteiger partial charge in [0.05, 0.1) is 6.54 Å². The Labute approximate surface area is 109 Å². The van der Waals surface area contributed by atoms with E-state index < -0.39 is 0 Å². The Bertz CT molecular complexity index is 345. The first kappa shape index (κ1) is 13.3. The van der Waals surface area contributed by atoms with Crippen molar-refractivity contribution in [3.8, 4) is 0 Å². The minimum Gasteiger partial charge on any atom is -0.341 e. The van der Waals surface area contributed by atoms with Gasteiger partial charge in [-0.25, -0.2) is 0 Å². The van der Waals surface area contributed by atoms with Crippen LogP contribution in [0, 0.1) is 0 Å². The second-order valence-electron chi connectivity index (χ2n) is 5.39. The number of hydrogen-bond donors (Lipinski definition) is 0. The molecule has 0 bridgehead atoms. The second-order valence-corrected chi connectivity index (χ2v) is 5.39. The van der Waals surface area contributed by atoms with Crippen molar-refractivity contribution < 1.29 is 9.59 Å². The normalized spacial score (nSPS) is 29.7. The Hall–Kier alpha value is -1.10. The number of piperazine rings is 1. The average molecular weight is 253 g/mol. The third-order valence-electron chi connectivity index (χ3n) is 4.06. The van der Waals surface area contributed by atoms with Gasteiger partial charge in [0.2, 0.25) is 11.8 Å². The summed E-state index contributed by atoms with van der Waals surface area (Å²) in [7, 11) is 3.87. The van der Waals surface area contributed by atoms with Gasteiger partial charge < -0.3 is 9.80 Å². The molecule has 0 spiro atoms. The zero-order valence-electron chi connectivity index (χ0n) is 11.6. The first-order valence-electron chi connectivity index (χ1n) is 6.82. The largest absolute Gasteiger partial charge is 0.341 e. The molecule has 18 heavy (non-hydrogen) atoms. The van der Waals surface area contributed by atoms with Crippen molar-refractivity contribution in [2.45, 2.75) is 44.8 Å². The van der Waals surface area contributed by atoms with Gasteiger partial charge in [-0.3, -0.25) is 14.5 Å². The molecule has 0 saturated carbocycles. The van der Waals surface area contributed by atoms with Crippen molar-refractivity contribution in [1.82, 2.24) is 14.7 Å². The zero-order chi connectivity index (χ0) is 13.3. The van der Waals surface area contributed by atoms with Crippen LogP contribution in [0.1, 0.15) is 32.6 Å². The summed E-state index contributed by atoms with van der Waals surface area (Å²) in [4.78, 5) is 30.2. The summed E-state index contributed by atoms with van der Waals surface area (Å²) in [5, 5.41) is 0. The van der Waals surface area contributed by atoms with E-state index in [1.54, 1.807) is 4.90 Å². The fourth-order valence-electron chi connectivity index (χ4n) is 2.91. The summed E-state index contributed by atoms with van der Waals surface area (Å²) in [5.41, 5.74) is 0. The van der Waals surface area contributed by atoms with Crippen LogP contribution >= 0.6 is 0 Å². The van der Waals surface area contributed by atoms with Gasteiger partial charge in [0.15, 0.2) is 0 Å². The van der Waals surface area contributed by atoms with E-state index in [-0.39, 0.29) is 24.0 Å². The fraction of sp³-hybridized carbons (Fsp3) is 0.846. The Morgan fingerprint density at radius 2 is 2.00 bits per heavy atom. The standard InChI is InChI=1S/C13H23N3O2/c1-4-5-6-10-13(18)15(3)9-11-14(2)8-7-12(17)16(10)11/h10-11H,4-9H2,1-3H3. The monoisotopic (exact) mass is 253 g/mol. The van der Waals surface area contributed by atoms with Crippen LogP contribution in [-0.4, -0.2) is 65.9 Å². The number of unbranched alkanes of at least 4 members (excludes halogenated alkanes) is 1. The molecule has 2 saturated heterocycles. The third-order valence-corrected chi connectivity index (χ3v) is 4.06. The summed E-state index contributed by atoms with van der Waals surface area (Å²) in [6.45, 7) is 3.53. The molecule has 2 rings (SSSR count). The molecule has 0 radical (unpaired) electrons. The summed E-state index contributed by atoms with van der Waals surface area (Å²) in [6.07, 6.45) is 3.43. The van der Waals surface area contributed by atoms with E-state index in [0.717, 1.165) is 25.8 Å². The lowest BCUT2D eigenvalue weighted by atomic mass is 10.00. The summed E-state index contributed by atoms with van der Waals surface area (Å²) >= 11 is 0. The number of carbonyl (C=O) groups excluding carboxylic acids is 2. The van der Waals surface area contributed by atoms with Crippen molar-refractivity contribution in [3.05, 3.63) is 0 Å². The molecule has 0 aromatic rings. The van der Waals surface area contributed by atoms with Crippen LogP contribution in [-0.2, 0) is 9.59 Å². The van der Waals surface area contributed by atoms with Crippen LogP contribution in [0.4, 0.5) is 0 Å². The lowest BCUT2D eigenvalue weighted by molar-refractivity contribution is -0.167. The maximum Gasteiger partial charge on any atom is 0.245 e. The van der Waals surface area contributed by atoms with Crippen molar-refractivity contribution in [2.75, 3.05) is 27.2 Å². The minimum atomic E-state index is -0.246. The first-order chi connectivity index (χ1) is 8.56. The molecular weight excluding hydrogens is 230 g/mol. The molecular formula is C13H23N3O2. The molecule has 2 heterocycles. The van der Waals surface area contributed by atoms with Gasteiger partial charge in [0, 0.05) is 20.0 Å². The molecule has 0 N–H and O–H groups in total. The number of fused-ring (bicyclic) bond motifs is 1. The fourth-order valence-corrected chi connectivity index (χ4v) is 2.91. The molecule has 2 unspecified atom stereocenters. The number of likely N-dealkylation sites (N-methyl/N-ethyl adjacent to an activating group) is 2. The van der Waals surface area contributed by atoms with Gasteiger partial charge in [0.25, 0.3) is 0 Å². The highest BCUT2D eigenvalue weighted by atomic mass is 16.2. The zero-order valence-corrected chi connectivity index (χ0v) is 11.6. The van der Waals surface area contributed by atoms with Crippen molar-refractivity contribution >= 4 is 11.8 Å². The quantitative estimate of drug-likeness (QED) is 0.736. The maximum absolute atomic E-state index is 12.3. The van der Waals surface area contributed by atoms with Crippen molar-refractivity contribution in [1.29, 1.82) is 0 Å². The van der Waals surface area contributed by atoms with Gasteiger partial charge in [-0.2, -0.15) is 0 Å². The summed E-state index contributed by atoms with van der Waals surface area (Å²) < 4.78 is 0. The number of amides is 2. The molecule has 102 valence electrons. The molecule has 2 aliphatic rings. The molecule has 0 aromatic heterocycles. The van der Waals surface area contributed by atoms with Gasteiger partial charge in [-0.15, -0.1) is 0 Å². The van der Waals surface area contributed by atoms with E-state index in [4.69, 9.17) is 0 Å². The molecule has 5 heteroatoms. The van der Waals surface area contributed by atoms with E-state index in [2.05, 4.69) is 11.8 Å². The number of nitrogens with zero attached hydrogens (tertiary/aromatic N) is 3. The topological polar surface area (TPSA) is 43.9 Å². The van der Waals surface area contributed by atoms with E-state index in [0.29, 0.717) is 13.0 Å². The number of hydrogen-bond acceptors (Lipinski definition) is 3. The molecule has 2 fully saturated rings. The Morgan fingerprint density at radius 1 is 1.28 bits per heavy atom. The van der Waals surface area contributed by atoms with Crippen LogP contribution in [0.25, 0.3) is 0 Å². The van der Waals surface area contributed by atoms with Gasteiger partial charge in [-0.05, 0) is 13.5 Å². The lowest BCUT2D eigenvalue weighted by Crippen LogP contribution is -2.69. The molecule has 0 aromatic carbocycles. The average Bonchev–Trinajstić information content (AvgIpc) is 2.35. The molecule has 2 atom stereocenters. The van der Waals surface area contributed by atoms with E-state index in [9.17, 15) is 9.59 Å². The summed E-state index contributed by atoms with van der Waals surface area (Å²) in [6, 6.07) is -0.246. The number of rotatable bonds is 3. The van der Waals surface area contributed by atoms with E-state index >= 15 is 0 Å². The highest BCUT2D eigenvalue weighted by Gasteiger charge is 2.44. The third kappa shape index (κ3) is 2.23. The molecule has 0 aliphatic carbocycles. The second kappa shape index (κ2) is 5.26. The maximum atomic E-state index is 12.3. The SMILES string of the molecule is CCCCC1C(=O)N(C)CC2N(C)CCC(=O)N12. The Balaban J connectivity index is 2.22. The van der Waals surface area contributed by atoms with Crippen molar-refractivity contribution in [2.24, 2.45) is 0 Å². The predicted molar refractivity (Wildman–Crippen MR) is 68.8 cm³/mol. The van der Waals surface area contributed by atoms with E-state index in [1.165, 1.54) is 0 Å². The molecule has 5 nitrogen and oxygen atoms in total. The van der Waals surface area contributed by atoms with Crippen molar-refractivity contribution in [3.63, 3.8) is 0 Å². The lowest BCUT2D eigenvalue weighted by Gasteiger charge is -2.50. The van der Waals surface area contributed by atoms with Crippen LogP contribution in [0.2, 0.25) is 0 Å². The predicted octanol–water partition coefficient (Wildman–Crippen LogP) is 0.507. The van der Waals surface area contributed by atoms with E-state index in [1.807, 2.05) is 19.0 Å². The first-order valence-corrected chi connectivity index (χ1v) is 6.82. The minimum absolute atomic E-state index is 0.0656. The molecule has 2 aliphatic heterocycles. The van der Waals surface area contributed by atoms with Crippen LogP contribution in [0.15, 0.2) is 0 Å². The highest BCUT2D eigenvalue weighted by Crippen LogP contribution is 2.26. The Morgan fingerprint density at radius 3 is 2.67 bits per heavy atom. The van der Waals surface area contributed by atoms with Gasteiger partial charge in [-0.1, -0.05) is 19.8 Å². The van der Waals surface area contributed by atoms with Crippen LogP contribution in [0.5, 0.6) is 0 Å². The summed E-state index contributed by atoms with van der Waals surface area (Å²) in [5.74, 6) is 0.240. The Kier molecular flexibility index (Phi) is 3.90. The van der Waals surface area contributed by atoms with Gasteiger partial charge >= 0.3 is 0 Å². The smallest absolute Gasteiger partial charge is 0.245 e. The van der Waals surface area contributed by atoms with Gasteiger partial charge in [0.1, 0.15) is 12.2 Å². The highest BCUT2D eigenvalue weighted by molar-refractivity contribution is 5.89.